The van der Waals surface area contributed by atoms with E-state index in [1.54, 1.807) is 20.1 Å². The van der Waals surface area contributed by atoms with Gasteiger partial charge in [-0.1, -0.05) is 13.8 Å². The maximum Gasteiger partial charge on any atom is 0.326 e. The lowest BCUT2D eigenvalue weighted by atomic mass is 10.0. The second-order valence-electron chi connectivity index (χ2n) is 25.5. The summed E-state index contributed by atoms with van der Waals surface area (Å²) in [6, 6.07) is -22.0. The highest BCUT2D eigenvalue weighted by Crippen LogP contribution is 2.12. The van der Waals surface area contributed by atoms with E-state index in [0.29, 0.717) is 12.2 Å². The van der Waals surface area contributed by atoms with E-state index in [2.05, 4.69) is 79.8 Å². The van der Waals surface area contributed by atoms with Crippen LogP contribution in [0.1, 0.15) is 138 Å². The van der Waals surface area contributed by atoms with Crippen LogP contribution in [-0.2, 0) is 91.1 Å². The van der Waals surface area contributed by atoms with Crippen molar-refractivity contribution in [2.45, 2.75) is 222 Å². The Hall–Kier alpha value is -10.6. The first kappa shape index (κ1) is 98.4. The number of amides is 15. The van der Waals surface area contributed by atoms with Crippen LogP contribution in [0.15, 0.2) is 0 Å². The maximum absolute atomic E-state index is 14.0. The zero-order chi connectivity index (χ0) is 83.4. The molecule has 14 atom stereocenters. The van der Waals surface area contributed by atoms with Gasteiger partial charge in [0, 0.05) is 32.2 Å². The molecule has 0 spiro atoms. The Bertz CT molecular complexity index is 3170. The van der Waals surface area contributed by atoms with Crippen molar-refractivity contribution in [3.05, 3.63) is 0 Å². The van der Waals surface area contributed by atoms with E-state index in [1.165, 1.54) is 18.7 Å². The number of hydrogen-bond acceptors (Lipinski definition) is 25. The van der Waals surface area contributed by atoms with E-state index in [1.807, 2.05) is 0 Å². The van der Waals surface area contributed by atoms with Gasteiger partial charge in [-0.15, -0.1) is 0 Å². The van der Waals surface area contributed by atoms with Gasteiger partial charge in [-0.25, -0.2) is 4.79 Å². The predicted molar refractivity (Wildman–Crippen MR) is 384 cm³/mol. The number of aliphatic hydroxyl groups excluding tert-OH is 2. The molecule has 15 amide bonds. The molecule has 0 radical (unpaired) electrons. The van der Waals surface area contributed by atoms with Crippen molar-refractivity contribution in [2.24, 2.45) is 28.9 Å². The van der Waals surface area contributed by atoms with Crippen LogP contribution in [-0.4, -0.2) is 279 Å². The van der Waals surface area contributed by atoms with E-state index in [9.17, 15) is 117 Å². The Morgan fingerprint density at radius 1 is 0.376 bits per heavy atom. The third-order valence-corrected chi connectivity index (χ3v) is 16.4. The summed E-state index contributed by atoms with van der Waals surface area (Å²) in [5, 5.41) is 99.5. The monoisotopic (exact) mass is 1580 g/mol. The lowest BCUT2D eigenvalue weighted by Crippen LogP contribution is -2.60. The number of aliphatic hydroxyl groups is 2. The van der Waals surface area contributed by atoms with Crippen molar-refractivity contribution in [1.29, 1.82) is 5.41 Å². The average Bonchev–Trinajstić information content (AvgIpc) is 0.867. The molecule has 0 aliphatic heterocycles. The van der Waals surface area contributed by atoms with Gasteiger partial charge in [-0.3, -0.25) is 91.7 Å². The molecule has 45 nitrogen and oxygen atoms in total. The fourth-order valence-electron chi connectivity index (χ4n) is 9.53. The van der Waals surface area contributed by atoms with Gasteiger partial charge >= 0.3 is 23.9 Å². The quantitative estimate of drug-likeness (QED) is 0.0153. The van der Waals surface area contributed by atoms with Gasteiger partial charge in [0.1, 0.15) is 84.6 Å². The molecular formula is C63H108N20O25S. The van der Waals surface area contributed by atoms with E-state index < -0.39 is 280 Å². The van der Waals surface area contributed by atoms with Crippen LogP contribution in [0.4, 0.5) is 0 Å². The number of carbonyl (C=O) groups is 19. The molecule has 0 rings (SSSR count). The summed E-state index contributed by atoms with van der Waals surface area (Å²) in [5.41, 5.74) is 21.9. The summed E-state index contributed by atoms with van der Waals surface area (Å²) < 4.78 is 0. The fourth-order valence-corrected chi connectivity index (χ4v) is 10.0. The molecule has 616 valence electrons. The second-order valence-corrected chi connectivity index (χ2v) is 26.5. The standard InChI is InChI=1S/C63H108N20O25S/c1-29(2)25-42(82-61(106)43(28-85)83-52(97)33(6)74-56(101)37(13-17-44(66)86)79-59(104)40(21-24-109-7)78-53(98)34(65)27-84)60(105)80-39(15-19-47(90)91)58(103)73-31(4)50(95)77-38(14-18-46(88)89)57(102)72-30(3)49(94)76-35(12-10-23-69-63(67)68)54(99)70-26-45(87)75-36(11-8-9-22-64)55(100)71-32(5)51(96)81-41(62(107)108)16-20-48(92)93/h29-43,84-85H,8-28,64-65H2,1-7H3,(H2,66,86)(H,70,99)(H,71,100)(H,72,102)(H,73,103)(H,74,101)(H,75,87)(H,76,94)(H,77,95)(H,78,98)(H,79,104)(H,80,105)(H,81,96)(H,82,106)(H,83,97)(H,88,89)(H,90,91)(H,92,93)(H,107,108)(H4,67,68,69)/t30-,31-,32-,33-,34-,35-,36-,37-,38-,39-,40-,41-,42-,43-/m0/s1. The van der Waals surface area contributed by atoms with Gasteiger partial charge < -0.3 is 133 Å². The van der Waals surface area contributed by atoms with Gasteiger partial charge in [0.25, 0.3) is 0 Å². The average molecular weight is 1580 g/mol. The zero-order valence-corrected chi connectivity index (χ0v) is 62.5. The van der Waals surface area contributed by atoms with Crippen LogP contribution in [0.25, 0.3) is 0 Å². The van der Waals surface area contributed by atoms with Gasteiger partial charge in [-0.05, 0) is 123 Å². The summed E-state index contributed by atoms with van der Waals surface area (Å²) in [6.45, 7) is 5.23. The van der Waals surface area contributed by atoms with E-state index in [0.717, 1.165) is 20.8 Å². The summed E-state index contributed by atoms with van der Waals surface area (Å²) in [6.07, 6.45) is -2.81. The topological polar surface area (TPSA) is 754 Å². The Morgan fingerprint density at radius 2 is 0.716 bits per heavy atom. The van der Waals surface area contributed by atoms with Crippen molar-refractivity contribution in [2.75, 3.05) is 44.9 Å². The number of unbranched alkanes of at least 4 members (excludes halogenated alkanes) is 1. The number of carbonyl (C=O) groups excluding carboxylic acids is 15. The molecule has 0 aromatic heterocycles. The number of carboxylic acids is 4. The fraction of sp³-hybridized carbons (Fsp3) is 0.683. The Labute approximate surface area is 631 Å². The minimum atomic E-state index is -1.85. The van der Waals surface area contributed by atoms with Crippen LogP contribution in [0.2, 0.25) is 0 Å². The zero-order valence-electron chi connectivity index (χ0n) is 61.7. The molecule has 0 bridgehead atoms. The number of guanidine groups is 1. The number of nitrogens with two attached hydrogens (primary N) is 4. The third-order valence-electron chi connectivity index (χ3n) is 15.7. The summed E-state index contributed by atoms with van der Waals surface area (Å²) in [5.74, 6) is -22.0. The normalized spacial score (nSPS) is 14.8. The molecule has 109 heavy (non-hydrogen) atoms. The number of nitrogens with one attached hydrogen (secondary N) is 16. The number of aliphatic carboxylic acids is 4. The Kier molecular flexibility index (Phi) is 47.3. The van der Waals surface area contributed by atoms with Crippen molar-refractivity contribution < 1.29 is 122 Å². The number of rotatable bonds is 56. The van der Waals surface area contributed by atoms with Crippen molar-refractivity contribution >= 4 is 130 Å². The lowest BCUT2D eigenvalue weighted by molar-refractivity contribution is -0.143. The first-order chi connectivity index (χ1) is 51.0. The summed E-state index contributed by atoms with van der Waals surface area (Å²) >= 11 is 1.31. The molecule has 0 unspecified atom stereocenters. The number of hydrogen-bond donors (Lipinski definition) is 26. The van der Waals surface area contributed by atoms with Crippen LogP contribution in [0, 0.1) is 11.3 Å². The first-order valence-electron chi connectivity index (χ1n) is 34.6. The predicted octanol–water partition coefficient (Wildman–Crippen LogP) is -10.1. The van der Waals surface area contributed by atoms with Crippen molar-refractivity contribution in [1.82, 2.24) is 79.8 Å². The summed E-state index contributed by atoms with van der Waals surface area (Å²) in [4.78, 5) is 247. The Morgan fingerprint density at radius 3 is 1.10 bits per heavy atom. The third kappa shape index (κ3) is 41.4. The smallest absolute Gasteiger partial charge is 0.326 e. The molecule has 0 saturated carbocycles. The van der Waals surface area contributed by atoms with Crippen molar-refractivity contribution in [3.63, 3.8) is 0 Å². The highest BCUT2D eigenvalue weighted by molar-refractivity contribution is 7.98. The van der Waals surface area contributed by atoms with E-state index in [-0.39, 0.29) is 51.6 Å². The Balaban J connectivity index is 6.49. The molecule has 30 N–H and O–H groups in total. The molecule has 0 aliphatic carbocycles. The maximum atomic E-state index is 14.0. The molecule has 0 aliphatic rings. The van der Waals surface area contributed by atoms with Crippen molar-refractivity contribution in [3.8, 4) is 0 Å². The van der Waals surface area contributed by atoms with E-state index >= 15 is 0 Å². The molecule has 0 aromatic carbocycles. The molecule has 0 fully saturated rings. The minimum absolute atomic E-state index is 0.0156. The largest absolute Gasteiger partial charge is 0.481 e. The second kappa shape index (κ2) is 52.4. The number of thioether (sulfide) groups is 1. The molecule has 0 saturated heterocycles. The van der Waals surface area contributed by atoms with Crippen LogP contribution in [0.3, 0.4) is 0 Å². The first-order valence-corrected chi connectivity index (χ1v) is 36.0. The van der Waals surface area contributed by atoms with Crippen LogP contribution < -0.4 is 103 Å². The minimum Gasteiger partial charge on any atom is -0.481 e. The number of primary amides is 1. The van der Waals surface area contributed by atoms with Gasteiger partial charge in [0.05, 0.1) is 19.8 Å². The van der Waals surface area contributed by atoms with Gasteiger partial charge in [-0.2, -0.15) is 11.8 Å². The van der Waals surface area contributed by atoms with Gasteiger partial charge in [0.15, 0.2) is 5.96 Å². The number of carboxylic acid groups (broad SMARTS) is 4. The van der Waals surface area contributed by atoms with Gasteiger partial charge in [0.2, 0.25) is 88.6 Å². The molecule has 0 aromatic rings. The van der Waals surface area contributed by atoms with E-state index in [4.69, 9.17) is 33.5 Å². The SMILES string of the molecule is CSCC[C@H](NC(=O)[C@@H](N)CO)C(=O)N[C@@H](CCC(N)=O)C(=O)N[C@@H](C)C(=O)N[C@@H](CO)C(=O)N[C@@H](CC(C)C)C(=O)N[C@@H](CCC(=O)O)C(=O)N[C@@H](C)C(=O)N[C@@H](CCC(=O)O)C(=O)N[C@@H](C)C(=O)N[C@@H](CCCNC(=N)N)C(=O)NCC(=O)N[C@@H](CCCCN)C(=O)N[C@@H](C)C(=O)N[C@@H](CCC(=O)O)C(=O)O. The molecule has 0 heterocycles. The molecular weight excluding hydrogens is 1470 g/mol. The van der Waals surface area contributed by atoms with Crippen LogP contribution >= 0.6 is 11.8 Å². The lowest BCUT2D eigenvalue weighted by Gasteiger charge is -2.27. The highest BCUT2D eigenvalue weighted by atomic mass is 32.2. The molecule has 46 heteroatoms. The van der Waals surface area contributed by atoms with Crippen LogP contribution in [0.5, 0.6) is 0 Å². The summed E-state index contributed by atoms with van der Waals surface area (Å²) in [7, 11) is 0. The highest BCUT2D eigenvalue weighted by Gasteiger charge is 2.37.